The Hall–Kier alpha value is -2.74. The number of aryl methyl sites for hydroxylation is 1. The SMILES string of the molecule is Cc1csc(NC(=O)C2CC(=O)N(c3n[nH]c4ccccc34)C2)n1. The number of hydrogen-bond donors (Lipinski definition) is 2. The van der Waals surface area contributed by atoms with Crippen molar-refractivity contribution >= 4 is 45.0 Å². The van der Waals surface area contributed by atoms with E-state index in [1.807, 2.05) is 36.6 Å². The van der Waals surface area contributed by atoms with Crippen LogP contribution in [0, 0.1) is 12.8 Å². The van der Waals surface area contributed by atoms with E-state index < -0.39 is 5.92 Å². The first-order valence-electron chi connectivity index (χ1n) is 7.58. The quantitative estimate of drug-likeness (QED) is 0.765. The molecular weight excluding hydrogens is 326 g/mol. The summed E-state index contributed by atoms with van der Waals surface area (Å²) in [6, 6.07) is 7.62. The summed E-state index contributed by atoms with van der Waals surface area (Å²) in [4.78, 5) is 30.6. The number of H-pyrrole nitrogens is 1. The van der Waals surface area contributed by atoms with Crippen molar-refractivity contribution in [2.24, 2.45) is 5.92 Å². The fraction of sp³-hybridized carbons (Fsp3) is 0.250. The third-order valence-electron chi connectivity index (χ3n) is 4.05. The molecule has 3 aromatic rings. The van der Waals surface area contributed by atoms with Crippen LogP contribution < -0.4 is 10.2 Å². The molecule has 0 radical (unpaired) electrons. The van der Waals surface area contributed by atoms with Gasteiger partial charge in [-0.3, -0.25) is 19.6 Å². The van der Waals surface area contributed by atoms with Crippen LogP contribution in [0.5, 0.6) is 0 Å². The summed E-state index contributed by atoms with van der Waals surface area (Å²) >= 11 is 1.38. The Morgan fingerprint density at radius 2 is 2.25 bits per heavy atom. The van der Waals surface area contributed by atoms with Gasteiger partial charge < -0.3 is 5.32 Å². The minimum absolute atomic E-state index is 0.0947. The molecule has 1 fully saturated rings. The van der Waals surface area contributed by atoms with Crippen LogP contribution in [-0.2, 0) is 9.59 Å². The van der Waals surface area contributed by atoms with E-state index in [9.17, 15) is 9.59 Å². The summed E-state index contributed by atoms with van der Waals surface area (Å²) in [5, 5.41) is 13.3. The summed E-state index contributed by atoms with van der Waals surface area (Å²) in [5.41, 5.74) is 1.73. The zero-order valence-electron chi connectivity index (χ0n) is 12.9. The van der Waals surface area contributed by atoms with Crippen LogP contribution in [0.4, 0.5) is 10.9 Å². The van der Waals surface area contributed by atoms with Gasteiger partial charge in [-0.2, -0.15) is 5.10 Å². The molecule has 0 saturated carbocycles. The molecule has 1 saturated heterocycles. The molecule has 2 aromatic heterocycles. The highest BCUT2D eigenvalue weighted by Gasteiger charge is 2.37. The van der Waals surface area contributed by atoms with Crippen LogP contribution in [0.1, 0.15) is 12.1 Å². The fourth-order valence-corrected chi connectivity index (χ4v) is 3.55. The van der Waals surface area contributed by atoms with Gasteiger partial charge >= 0.3 is 0 Å². The number of rotatable bonds is 3. The Bertz CT molecular complexity index is 931. The third-order valence-corrected chi connectivity index (χ3v) is 4.93. The molecule has 4 rings (SSSR count). The third kappa shape index (κ3) is 2.54. The van der Waals surface area contributed by atoms with Gasteiger partial charge in [-0.05, 0) is 19.1 Å². The van der Waals surface area contributed by atoms with E-state index in [1.54, 1.807) is 4.90 Å². The molecule has 122 valence electrons. The van der Waals surface area contributed by atoms with E-state index in [-0.39, 0.29) is 18.2 Å². The number of fused-ring (bicyclic) bond motifs is 1. The van der Waals surface area contributed by atoms with Gasteiger partial charge in [-0.1, -0.05) is 12.1 Å². The molecule has 3 heterocycles. The molecule has 8 heteroatoms. The van der Waals surface area contributed by atoms with E-state index in [4.69, 9.17) is 0 Å². The maximum absolute atomic E-state index is 12.4. The van der Waals surface area contributed by atoms with Gasteiger partial charge in [0.1, 0.15) is 0 Å². The zero-order chi connectivity index (χ0) is 16.7. The van der Waals surface area contributed by atoms with Crippen molar-refractivity contribution in [1.29, 1.82) is 0 Å². The topological polar surface area (TPSA) is 91.0 Å². The molecular formula is C16H15N5O2S. The van der Waals surface area contributed by atoms with Crippen molar-refractivity contribution in [3.63, 3.8) is 0 Å². The first-order valence-corrected chi connectivity index (χ1v) is 8.46. The number of para-hydroxylation sites is 1. The molecule has 0 bridgehead atoms. The Morgan fingerprint density at radius 3 is 3.04 bits per heavy atom. The van der Waals surface area contributed by atoms with Gasteiger partial charge in [0.05, 0.1) is 17.1 Å². The van der Waals surface area contributed by atoms with Gasteiger partial charge in [0, 0.05) is 23.7 Å². The lowest BCUT2D eigenvalue weighted by atomic mass is 10.1. The molecule has 2 N–H and O–H groups in total. The lowest BCUT2D eigenvalue weighted by Gasteiger charge is -2.13. The zero-order valence-corrected chi connectivity index (χ0v) is 13.8. The van der Waals surface area contributed by atoms with Gasteiger partial charge in [0.15, 0.2) is 10.9 Å². The largest absolute Gasteiger partial charge is 0.302 e. The van der Waals surface area contributed by atoms with Crippen LogP contribution in [0.15, 0.2) is 29.6 Å². The van der Waals surface area contributed by atoms with Crippen LogP contribution in [0.25, 0.3) is 10.9 Å². The number of amides is 2. The van der Waals surface area contributed by atoms with Crippen LogP contribution in [0.2, 0.25) is 0 Å². The fourth-order valence-electron chi connectivity index (χ4n) is 2.86. The van der Waals surface area contributed by atoms with Crippen molar-refractivity contribution in [2.75, 3.05) is 16.8 Å². The number of carbonyl (C=O) groups excluding carboxylic acids is 2. The minimum atomic E-state index is -0.405. The molecule has 1 atom stereocenters. The predicted molar refractivity (Wildman–Crippen MR) is 92.0 cm³/mol. The van der Waals surface area contributed by atoms with Crippen LogP contribution in [0.3, 0.4) is 0 Å². The van der Waals surface area contributed by atoms with E-state index in [1.165, 1.54) is 11.3 Å². The maximum Gasteiger partial charge on any atom is 0.231 e. The highest BCUT2D eigenvalue weighted by atomic mass is 32.1. The number of thiazole rings is 1. The average molecular weight is 341 g/mol. The molecule has 7 nitrogen and oxygen atoms in total. The molecule has 0 aliphatic carbocycles. The second-order valence-electron chi connectivity index (χ2n) is 5.78. The van der Waals surface area contributed by atoms with E-state index >= 15 is 0 Å². The van der Waals surface area contributed by atoms with Crippen molar-refractivity contribution in [3.8, 4) is 0 Å². The number of anilines is 2. The number of benzene rings is 1. The van der Waals surface area contributed by atoms with Gasteiger partial charge in [-0.15, -0.1) is 11.3 Å². The number of aromatic amines is 1. The second kappa shape index (κ2) is 5.72. The summed E-state index contributed by atoms with van der Waals surface area (Å²) in [7, 11) is 0. The molecule has 1 aliphatic heterocycles. The van der Waals surface area contributed by atoms with Crippen LogP contribution in [-0.4, -0.2) is 33.5 Å². The molecule has 1 aliphatic rings. The van der Waals surface area contributed by atoms with Gasteiger partial charge in [0.25, 0.3) is 0 Å². The summed E-state index contributed by atoms with van der Waals surface area (Å²) < 4.78 is 0. The average Bonchev–Trinajstić information content (AvgIpc) is 3.26. The number of nitrogens with zero attached hydrogens (tertiary/aromatic N) is 3. The number of nitrogens with one attached hydrogen (secondary N) is 2. The van der Waals surface area contributed by atoms with Crippen molar-refractivity contribution in [2.45, 2.75) is 13.3 Å². The first-order chi connectivity index (χ1) is 11.6. The Balaban J connectivity index is 1.53. The molecule has 0 spiro atoms. The number of hydrogen-bond acceptors (Lipinski definition) is 5. The molecule has 1 aromatic carbocycles. The van der Waals surface area contributed by atoms with Crippen LogP contribution >= 0.6 is 11.3 Å². The van der Waals surface area contributed by atoms with E-state index in [2.05, 4.69) is 20.5 Å². The summed E-state index contributed by atoms with van der Waals surface area (Å²) in [6.45, 7) is 2.19. The lowest BCUT2D eigenvalue weighted by Crippen LogP contribution is -2.28. The Labute approximate surface area is 141 Å². The summed E-state index contributed by atoms with van der Waals surface area (Å²) in [6.07, 6.45) is 0.178. The Kier molecular flexibility index (Phi) is 3.53. The second-order valence-corrected chi connectivity index (χ2v) is 6.64. The highest BCUT2D eigenvalue weighted by molar-refractivity contribution is 7.13. The monoisotopic (exact) mass is 341 g/mol. The lowest BCUT2D eigenvalue weighted by molar-refractivity contribution is -0.122. The van der Waals surface area contributed by atoms with Crippen molar-refractivity contribution in [1.82, 2.24) is 15.2 Å². The molecule has 2 amide bonds. The normalized spacial score (nSPS) is 17.6. The highest BCUT2D eigenvalue weighted by Crippen LogP contribution is 2.30. The molecule has 24 heavy (non-hydrogen) atoms. The van der Waals surface area contributed by atoms with Gasteiger partial charge in [0.2, 0.25) is 11.8 Å². The maximum atomic E-state index is 12.4. The molecule has 1 unspecified atom stereocenters. The predicted octanol–water partition coefficient (Wildman–Crippen LogP) is 2.32. The standard InChI is InChI=1S/C16H15N5O2S/c1-9-8-24-16(17-9)18-15(23)10-6-13(22)21(7-10)14-11-4-2-3-5-12(11)19-20-14/h2-5,8,10H,6-7H2,1H3,(H,19,20)(H,17,18,23). The number of carbonyl (C=O) groups is 2. The first kappa shape index (κ1) is 14.8. The smallest absolute Gasteiger partial charge is 0.231 e. The van der Waals surface area contributed by atoms with E-state index in [0.717, 1.165) is 16.6 Å². The summed E-state index contributed by atoms with van der Waals surface area (Å²) in [5.74, 6) is -0.101. The van der Waals surface area contributed by atoms with E-state index in [0.29, 0.717) is 17.5 Å². The van der Waals surface area contributed by atoms with Crippen molar-refractivity contribution < 1.29 is 9.59 Å². The minimum Gasteiger partial charge on any atom is -0.302 e. The number of aromatic nitrogens is 3. The Morgan fingerprint density at radius 1 is 1.42 bits per heavy atom. The van der Waals surface area contributed by atoms with Crippen molar-refractivity contribution in [3.05, 3.63) is 35.3 Å². The van der Waals surface area contributed by atoms with Gasteiger partial charge in [-0.25, -0.2) is 4.98 Å².